The van der Waals surface area contributed by atoms with E-state index in [0.29, 0.717) is 11.6 Å². The molecule has 0 saturated carbocycles. The van der Waals surface area contributed by atoms with E-state index >= 15 is 0 Å². The van der Waals surface area contributed by atoms with Crippen molar-refractivity contribution in [3.05, 3.63) is 65.0 Å². The molecule has 0 radical (unpaired) electrons. The maximum Gasteiger partial charge on any atom is 0.375 e. The average Bonchev–Trinajstić information content (AvgIpc) is 3.00. The highest BCUT2D eigenvalue weighted by Crippen LogP contribution is 2.14. The smallest absolute Gasteiger partial charge is 0.375 e. The van der Waals surface area contributed by atoms with Gasteiger partial charge in [-0.15, -0.1) is 0 Å². The normalized spacial score (nSPS) is 10.8. The van der Waals surface area contributed by atoms with Gasteiger partial charge in [0.15, 0.2) is 5.78 Å². The fraction of sp³-hybridized carbons (Fsp3) is 0.211. The lowest BCUT2D eigenvalue weighted by Gasteiger charge is -2.07. The van der Waals surface area contributed by atoms with Gasteiger partial charge >= 0.3 is 5.97 Å². The Morgan fingerprint density at radius 3 is 2.72 bits per heavy atom. The van der Waals surface area contributed by atoms with E-state index in [1.165, 1.54) is 6.08 Å². The Bertz CT molecular complexity index is 807. The number of hydrogen-bond donors (Lipinski definition) is 0. The molecule has 0 aliphatic heterocycles. The van der Waals surface area contributed by atoms with Crippen LogP contribution in [0.4, 0.5) is 0 Å². The molecule has 6 heteroatoms. The van der Waals surface area contributed by atoms with Gasteiger partial charge in [0, 0.05) is 23.5 Å². The molecule has 2 aromatic rings. The fourth-order valence-corrected chi connectivity index (χ4v) is 2.45. The van der Waals surface area contributed by atoms with Crippen molar-refractivity contribution in [2.45, 2.75) is 19.9 Å². The van der Waals surface area contributed by atoms with E-state index in [9.17, 15) is 14.4 Å². The first-order valence-corrected chi connectivity index (χ1v) is 8.18. The number of halogens is 1. The van der Waals surface area contributed by atoms with Gasteiger partial charge in [-0.2, -0.15) is 0 Å². The van der Waals surface area contributed by atoms with Crippen LogP contribution < -0.4 is 0 Å². The molecule has 0 saturated heterocycles. The van der Waals surface area contributed by atoms with E-state index in [1.54, 1.807) is 19.1 Å². The maximum atomic E-state index is 11.8. The number of allylic oxidation sites excluding steroid dienone is 1. The number of benzene rings is 1. The molecule has 130 valence electrons. The van der Waals surface area contributed by atoms with Gasteiger partial charge in [-0.1, -0.05) is 23.7 Å². The predicted octanol–water partition coefficient (Wildman–Crippen LogP) is 3.29. The highest BCUT2D eigenvalue weighted by molar-refractivity contribution is 6.37. The minimum absolute atomic E-state index is 0.103. The number of nitrogens with zero attached hydrogens (tertiary/aromatic N) is 1. The van der Waals surface area contributed by atoms with Crippen LogP contribution in [0.1, 0.15) is 24.6 Å². The molecule has 0 amide bonds. The summed E-state index contributed by atoms with van der Waals surface area (Å²) in [4.78, 5) is 34.6. The molecule has 1 aromatic carbocycles. The molecule has 0 aliphatic carbocycles. The van der Waals surface area contributed by atoms with E-state index in [1.807, 2.05) is 41.1 Å². The SMILES string of the molecule is CCOC(=O)C(=O)CC(=O)/C=C/c1cccn1Cc1cccc(Cl)c1. The van der Waals surface area contributed by atoms with Crippen LogP contribution in [0.3, 0.4) is 0 Å². The Hall–Kier alpha value is -2.66. The summed E-state index contributed by atoms with van der Waals surface area (Å²) in [5.74, 6) is -2.27. The number of aromatic nitrogens is 1. The molecule has 0 spiro atoms. The third-order valence-electron chi connectivity index (χ3n) is 3.38. The van der Waals surface area contributed by atoms with Crippen LogP contribution in [0, 0.1) is 0 Å². The zero-order chi connectivity index (χ0) is 18.2. The third-order valence-corrected chi connectivity index (χ3v) is 3.62. The monoisotopic (exact) mass is 359 g/mol. The first-order valence-electron chi connectivity index (χ1n) is 7.80. The summed E-state index contributed by atoms with van der Waals surface area (Å²) < 4.78 is 6.52. The lowest BCUT2D eigenvalue weighted by Crippen LogP contribution is -2.19. The zero-order valence-corrected chi connectivity index (χ0v) is 14.5. The highest BCUT2D eigenvalue weighted by Gasteiger charge is 2.17. The molecule has 1 aromatic heterocycles. The highest BCUT2D eigenvalue weighted by atomic mass is 35.5. The van der Waals surface area contributed by atoms with Crippen molar-refractivity contribution in [1.82, 2.24) is 4.57 Å². The number of hydrogen-bond acceptors (Lipinski definition) is 4. The molecular formula is C19H18ClNO4. The van der Waals surface area contributed by atoms with Gasteiger partial charge in [-0.05, 0) is 48.9 Å². The van der Waals surface area contributed by atoms with Crippen molar-refractivity contribution < 1.29 is 19.1 Å². The summed E-state index contributed by atoms with van der Waals surface area (Å²) in [6.07, 6.45) is 4.30. The maximum absolute atomic E-state index is 11.8. The molecule has 2 rings (SSSR count). The van der Waals surface area contributed by atoms with Crippen LogP contribution in [-0.4, -0.2) is 28.7 Å². The van der Waals surface area contributed by atoms with Crippen LogP contribution in [0.5, 0.6) is 0 Å². The van der Waals surface area contributed by atoms with Crippen molar-refractivity contribution in [3.8, 4) is 0 Å². The fourth-order valence-electron chi connectivity index (χ4n) is 2.23. The molecule has 0 bridgehead atoms. The molecule has 5 nitrogen and oxygen atoms in total. The molecule has 1 heterocycles. The summed E-state index contributed by atoms with van der Waals surface area (Å²) in [7, 11) is 0. The van der Waals surface area contributed by atoms with Crippen LogP contribution in [-0.2, 0) is 25.7 Å². The van der Waals surface area contributed by atoms with Crippen LogP contribution in [0.2, 0.25) is 5.02 Å². The summed E-state index contributed by atoms with van der Waals surface area (Å²) >= 11 is 5.99. The van der Waals surface area contributed by atoms with E-state index in [-0.39, 0.29) is 6.61 Å². The third kappa shape index (κ3) is 5.72. The van der Waals surface area contributed by atoms with Crippen LogP contribution in [0.15, 0.2) is 48.7 Å². The number of carbonyl (C=O) groups excluding carboxylic acids is 3. The zero-order valence-electron chi connectivity index (χ0n) is 13.8. The molecule has 0 N–H and O–H groups in total. The summed E-state index contributed by atoms with van der Waals surface area (Å²) in [6, 6.07) is 11.2. The van der Waals surface area contributed by atoms with E-state index in [2.05, 4.69) is 4.74 Å². The van der Waals surface area contributed by atoms with Gasteiger partial charge in [-0.25, -0.2) is 4.79 Å². The Morgan fingerprint density at radius 2 is 2.00 bits per heavy atom. The minimum Gasteiger partial charge on any atom is -0.460 e. The van der Waals surface area contributed by atoms with Gasteiger partial charge < -0.3 is 9.30 Å². The predicted molar refractivity (Wildman–Crippen MR) is 95.3 cm³/mol. The van der Waals surface area contributed by atoms with E-state index < -0.39 is 24.0 Å². The number of rotatable bonds is 8. The lowest BCUT2D eigenvalue weighted by molar-refractivity contribution is -0.154. The van der Waals surface area contributed by atoms with Gasteiger partial charge in [0.1, 0.15) is 0 Å². The summed E-state index contributed by atoms with van der Waals surface area (Å²) in [5, 5.41) is 0.661. The van der Waals surface area contributed by atoms with Crippen molar-refractivity contribution in [2.75, 3.05) is 6.61 Å². The van der Waals surface area contributed by atoms with Crippen LogP contribution >= 0.6 is 11.6 Å². The summed E-state index contributed by atoms with van der Waals surface area (Å²) in [6.45, 7) is 2.30. The Labute approximate surface area is 150 Å². The first-order chi connectivity index (χ1) is 12.0. The second-order valence-electron chi connectivity index (χ2n) is 5.31. The van der Waals surface area contributed by atoms with Gasteiger partial charge in [0.05, 0.1) is 13.0 Å². The number of Topliss-reactive ketones (excluding diaryl/α,β-unsaturated/α-hetero) is 1. The van der Waals surface area contributed by atoms with E-state index in [4.69, 9.17) is 11.6 Å². The topological polar surface area (TPSA) is 65.4 Å². The Balaban J connectivity index is 2.00. The molecular weight excluding hydrogens is 342 g/mol. The lowest BCUT2D eigenvalue weighted by atomic mass is 10.2. The average molecular weight is 360 g/mol. The van der Waals surface area contributed by atoms with Crippen molar-refractivity contribution >= 4 is 35.2 Å². The molecule has 0 unspecified atom stereocenters. The number of ether oxygens (including phenoxy) is 1. The molecule has 25 heavy (non-hydrogen) atoms. The number of ketones is 2. The summed E-state index contributed by atoms with van der Waals surface area (Å²) in [5.41, 5.74) is 1.83. The number of esters is 1. The van der Waals surface area contributed by atoms with Crippen molar-refractivity contribution in [2.24, 2.45) is 0 Å². The van der Waals surface area contributed by atoms with Gasteiger partial charge in [0.2, 0.25) is 5.78 Å². The molecule has 0 atom stereocenters. The van der Waals surface area contributed by atoms with E-state index in [0.717, 1.165) is 11.3 Å². The largest absolute Gasteiger partial charge is 0.460 e. The Kier molecular flexibility index (Phi) is 6.71. The quantitative estimate of drug-likeness (QED) is 0.314. The second-order valence-corrected chi connectivity index (χ2v) is 5.75. The van der Waals surface area contributed by atoms with Gasteiger partial charge in [0.25, 0.3) is 0 Å². The second kappa shape index (κ2) is 8.99. The molecule has 0 aliphatic rings. The van der Waals surface area contributed by atoms with Crippen molar-refractivity contribution in [1.29, 1.82) is 0 Å². The van der Waals surface area contributed by atoms with Crippen molar-refractivity contribution in [3.63, 3.8) is 0 Å². The van der Waals surface area contributed by atoms with Gasteiger partial charge in [-0.3, -0.25) is 9.59 Å². The minimum atomic E-state index is -0.978. The van der Waals surface area contributed by atoms with Crippen LogP contribution in [0.25, 0.3) is 6.08 Å². The first kappa shape index (κ1) is 18.7. The number of carbonyl (C=O) groups is 3. The standard InChI is InChI=1S/C19H18ClNO4/c1-2-25-19(24)18(23)12-17(22)9-8-16-7-4-10-21(16)13-14-5-3-6-15(20)11-14/h3-11H,2,12-13H2,1H3/b9-8+. The molecule has 0 fully saturated rings. The Morgan fingerprint density at radius 1 is 1.20 bits per heavy atom.